The molecule has 0 saturated carbocycles. The maximum absolute atomic E-state index is 13.2. The van der Waals surface area contributed by atoms with E-state index < -0.39 is 0 Å². The Morgan fingerprint density at radius 3 is 2.77 bits per heavy atom. The lowest BCUT2D eigenvalue weighted by Crippen LogP contribution is -2.24. The third kappa shape index (κ3) is 4.00. The Morgan fingerprint density at radius 2 is 2.06 bits per heavy atom. The summed E-state index contributed by atoms with van der Waals surface area (Å²) in [5.41, 5.74) is 2.50. The van der Waals surface area contributed by atoms with E-state index in [9.17, 15) is 9.59 Å². The predicted molar refractivity (Wildman–Crippen MR) is 126 cm³/mol. The minimum Gasteiger partial charge on any atom is -0.497 e. The van der Waals surface area contributed by atoms with Crippen molar-refractivity contribution in [1.29, 1.82) is 0 Å². The summed E-state index contributed by atoms with van der Waals surface area (Å²) in [7, 11) is 3.45. The summed E-state index contributed by atoms with van der Waals surface area (Å²) < 4.78 is 8.79. The van der Waals surface area contributed by atoms with Crippen molar-refractivity contribution in [2.45, 2.75) is 18.6 Å². The lowest BCUT2D eigenvalue weighted by Gasteiger charge is -2.11. The van der Waals surface area contributed by atoms with Crippen LogP contribution in [-0.4, -0.2) is 32.9 Å². The molecule has 0 spiro atoms. The number of amides is 1. The second kappa shape index (κ2) is 8.64. The zero-order valence-electron chi connectivity index (χ0n) is 17.3. The maximum atomic E-state index is 13.2. The number of halogens is 1. The molecule has 31 heavy (non-hydrogen) atoms. The summed E-state index contributed by atoms with van der Waals surface area (Å²) in [5.74, 6) is 0.596. The number of carbonyl (C=O) groups is 1. The van der Waals surface area contributed by atoms with Gasteiger partial charge in [-0.3, -0.25) is 14.2 Å². The molecule has 0 radical (unpaired) electrons. The fourth-order valence-corrected chi connectivity index (χ4v) is 4.59. The molecule has 0 saturated heterocycles. The topological polar surface area (TPSA) is 78.2 Å². The normalized spacial score (nSPS) is 11.2. The molecule has 2 heterocycles. The third-order valence-corrected chi connectivity index (χ3v) is 6.23. The standard InChI is InChI=1S/C22H21ClN4O3S/c1-4-27-21(29)20-19(16-11-15(30-3)8-9-17(16)26(20)2)25-22(27)31-12-18(28)24-14-7-5-6-13(23)10-14/h5-11H,4,12H2,1-3H3,(H,24,28). The summed E-state index contributed by atoms with van der Waals surface area (Å²) in [6.07, 6.45) is 0. The highest BCUT2D eigenvalue weighted by atomic mass is 35.5. The number of aromatic nitrogens is 3. The molecule has 9 heteroatoms. The van der Waals surface area contributed by atoms with Crippen LogP contribution in [0.25, 0.3) is 21.9 Å². The van der Waals surface area contributed by atoms with Gasteiger partial charge in [-0.05, 0) is 43.3 Å². The van der Waals surface area contributed by atoms with E-state index in [2.05, 4.69) is 5.32 Å². The highest BCUT2D eigenvalue weighted by molar-refractivity contribution is 7.99. The summed E-state index contributed by atoms with van der Waals surface area (Å²) in [6.45, 7) is 2.33. The smallest absolute Gasteiger partial charge is 0.278 e. The average molecular weight is 457 g/mol. The second-order valence-electron chi connectivity index (χ2n) is 6.93. The number of carbonyl (C=O) groups excluding carboxylic acids is 1. The molecule has 0 bridgehead atoms. The molecule has 0 aliphatic heterocycles. The number of hydrogen-bond acceptors (Lipinski definition) is 5. The molecule has 160 valence electrons. The lowest BCUT2D eigenvalue weighted by molar-refractivity contribution is -0.113. The van der Waals surface area contributed by atoms with Crippen molar-refractivity contribution in [1.82, 2.24) is 14.1 Å². The van der Waals surface area contributed by atoms with Gasteiger partial charge in [-0.15, -0.1) is 0 Å². The number of nitrogens with zero attached hydrogens (tertiary/aromatic N) is 3. The van der Waals surface area contributed by atoms with Crippen LogP contribution in [0, 0.1) is 0 Å². The van der Waals surface area contributed by atoms with Crippen LogP contribution in [0.2, 0.25) is 5.02 Å². The number of nitrogens with one attached hydrogen (secondary N) is 1. The zero-order valence-corrected chi connectivity index (χ0v) is 18.9. The van der Waals surface area contributed by atoms with Crippen molar-refractivity contribution in [2.75, 3.05) is 18.2 Å². The van der Waals surface area contributed by atoms with Crippen LogP contribution < -0.4 is 15.6 Å². The average Bonchev–Trinajstić information content (AvgIpc) is 3.04. The van der Waals surface area contributed by atoms with Gasteiger partial charge in [0, 0.05) is 29.7 Å². The van der Waals surface area contributed by atoms with Crippen LogP contribution >= 0.6 is 23.4 Å². The molecule has 0 aliphatic rings. The summed E-state index contributed by atoms with van der Waals surface area (Å²) in [5, 5.41) is 4.69. The molecule has 7 nitrogen and oxygen atoms in total. The monoisotopic (exact) mass is 456 g/mol. The summed E-state index contributed by atoms with van der Waals surface area (Å²) in [6, 6.07) is 12.6. The molecule has 0 unspecified atom stereocenters. The van der Waals surface area contributed by atoms with Crippen molar-refractivity contribution in [3.05, 3.63) is 57.8 Å². The highest BCUT2D eigenvalue weighted by Gasteiger charge is 2.19. The molecular weight excluding hydrogens is 436 g/mol. The zero-order chi connectivity index (χ0) is 22.1. The van der Waals surface area contributed by atoms with Crippen molar-refractivity contribution in [2.24, 2.45) is 7.05 Å². The Morgan fingerprint density at radius 1 is 1.26 bits per heavy atom. The van der Waals surface area contributed by atoms with E-state index >= 15 is 0 Å². The molecule has 4 rings (SSSR count). The van der Waals surface area contributed by atoms with Gasteiger partial charge in [-0.1, -0.05) is 29.4 Å². The molecule has 1 N–H and O–H groups in total. The Hall–Kier alpha value is -2.97. The number of benzene rings is 2. The van der Waals surface area contributed by atoms with Crippen LogP contribution in [0.1, 0.15) is 6.92 Å². The number of fused-ring (bicyclic) bond motifs is 3. The predicted octanol–water partition coefficient (Wildman–Crippen LogP) is 4.30. The van der Waals surface area contributed by atoms with Gasteiger partial charge in [0.05, 0.1) is 18.4 Å². The van der Waals surface area contributed by atoms with Crippen molar-refractivity contribution in [3.8, 4) is 5.75 Å². The van der Waals surface area contributed by atoms with Crippen molar-refractivity contribution < 1.29 is 9.53 Å². The van der Waals surface area contributed by atoms with E-state index in [4.69, 9.17) is 21.3 Å². The van der Waals surface area contributed by atoms with E-state index in [-0.39, 0.29) is 17.2 Å². The van der Waals surface area contributed by atoms with Crippen molar-refractivity contribution >= 4 is 56.9 Å². The molecule has 0 atom stereocenters. The number of anilines is 1. The largest absolute Gasteiger partial charge is 0.497 e. The SMILES string of the molecule is CCn1c(SCC(=O)Nc2cccc(Cl)c2)nc2c3cc(OC)ccc3n(C)c2c1=O. The molecule has 1 amide bonds. The Bertz CT molecular complexity index is 1360. The number of aryl methyl sites for hydroxylation is 1. The van der Waals surface area contributed by atoms with E-state index in [1.54, 1.807) is 35.9 Å². The van der Waals surface area contributed by atoms with Crippen molar-refractivity contribution in [3.63, 3.8) is 0 Å². The maximum Gasteiger partial charge on any atom is 0.278 e. The fraction of sp³-hybridized carbons (Fsp3) is 0.227. The number of rotatable bonds is 6. The Labute approximate surface area is 188 Å². The molecule has 4 aromatic rings. The summed E-state index contributed by atoms with van der Waals surface area (Å²) in [4.78, 5) is 30.4. The van der Waals surface area contributed by atoms with Crippen LogP contribution in [0.5, 0.6) is 5.75 Å². The van der Waals surface area contributed by atoms with Gasteiger partial charge in [0.15, 0.2) is 5.16 Å². The molecule has 0 aliphatic carbocycles. The molecule has 0 fully saturated rings. The van der Waals surface area contributed by atoms with E-state index in [0.29, 0.717) is 39.2 Å². The van der Waals surface area contributed by atoms with Gasteiger partial charge in [0.1, 0.15) is 16.8 Å². The van der Waals surface area contributed by atoms with Crippen LogP contribution in [0.15, 0.2) is 52.4 Å². The van der Waals surface area contributed by atoms with E-state index in [0.717, 1.165) is 10.9 Å². The molecule has 2 aromatic heterocycles. The number of hydrogen-bond donors (Lipinski definition) is 1. The second-order valence-corrected chi connectivity index (χ2v) is 8.31. The minimum absolute atomic E-state index is 0.110. The first-order chi connectivity index (χ1) is 14.9. The first-order valence-corrected chi connectivity index (χ1v) is 11.0. The number of thioether (sulfide) groups is 1. The highest BCUT2D eigenvalue weighted by Crippen LogP contribution is 2.30. The van der Waals surface area contributed by atoms with Gasteiger partial charge < -0.3 is 14.6 Å². The first kappa shape index (κ1) is 21.3. The summed E-state index contributed by atoms with van der Waals surface area (Å²) >= 11 is 7.20. The Balaban J connectivity index is 1.70. The van der Waals surface area contributed by atoms with E-state index in [1.807, 2.05) is 36.7 Å². The number of methoxy groups -OCH3 is 1. The van der Waals surface area contributed by atoms with Gasteiger partial charge in [-0.25, -0.2) is 4.98 Å². The van der Waals surface area contributed by atoms with E-state index in [1.165, 1.54) is 11.8 Å². The van der Waals surface area contributed by atoms with Crippen LogP contribution in [0.4, 0.5) is 5.69 Å². The van der Waals surface area contributed by atoms with Crippen LogP contribution in [0.3, 0.4) is 0 Å². The minimum atomic E-state index is -0.205. The van der Waals surface area contributed by atoms with Crippen LogP contribution in [-0.2, 0) is 18.4 Å². The number of ether oxygens (including phenoxy) is 1. The lowest BCUT2D eigenvalue weighted by atomic mass is 10.2. The molecular formula is C22H21ClN4O3S. The van der Waals surface area contributed by atoms with Gasteiger partial charge in [-0.2, -0.15) is 0 Å². The fourth-order valence-electron chi connectivity index (χ4n) is 3.54. The third-order valence-electron chi connectivity index (χ3n) is 5.02. The first-order valence-electron chi connectivity index (χ1n) is 9.68. The Kier molecular flexibility index (Phi) is 5.93. The van der Waals surface area contributed by atoms with Gasteiger partial charge in [0.2, 0.25) is 5.91 Å². The quantitative estimate of drug-likeness (QED) is 0.345. The molecule has 2 aromatic carbocycles. The van der Waals surface area contributed by atoms with Gasteiger partial charge in [0.25, 0.3) is 5.56 Å². The van der Waals surface area contributed by atoms with Gasteiger partial charge >= 0.3 is 0 Å².